The lowest BCUT2D eigenvalue weighted by Gasteiger charge is -2.34. The van der Waals surface area contributed by atoms with Crippen molar-refractivity contribution in [1.29, 1.82) is 0 Å². The van der Waals surface area contributed by atoms with E-state index in [9.17, 15) is 0 Å². The summed E-state index contributed by atoms with van der Waals surface area (Å²) in [6.07, 6.45) is 2.97. The summed E-state index contributed by atoms with van der Waals surface area (Å²) >= 11 is 5.99. The number of nitrogens with zero attached hydrogens (tertiary/aromatic N) is 2. The van der Waals surface area contributed by atoms with Crippen molar-refractivity contribution >= 4 is 11.6 Å². The molecule has 2 aromatic rings. The predicted molar refractivity (Wildman–Crippen MR) is 69.2 cm³/mol. The molecule has 18 heavy (non-hydrogen) atoms. The lowest BCUT2D eigenvalue weighted by molar-refractivity contribution is 0.229. The van der Waals surface area contributed by atoms with Crippen LogP contribution in [-0.4, -0.2) is 10.1 Å². The predicted octanol–water partition coefficient (Wildman–Crippen LogP) is 3.04. The smallest absolute Gasteiger partial charge is 0.258 e. The zero-order valence-corrected chi connectivity index (χ0v) is 10.9. The molecule has 0 bridgehead atoms. The van der Waals surface area contributed by atoms with E-state index in [0.29, 0.717) is 11.7 Å². The Labute approximate surface area is 110 Å². The Kier molecular flexibility index (Phi) is 2.64. The van der Waals surface area contributed by atoms with Crippen LogP contribution in [0.2, 0.25) is 5.02 Å². The lowest BCUT2D eigenvalue weighted by Crippen LogP contribution is -2.44. The minimum absolute atomic E-state index is 0.386. The molecule has 4 nitrogen and oxygen atoms in total. The third-order valence-corrected chi connectivity index (χ3v) is 3.95. The van der Waals surface area contributed by atoms with Gasteiger partial charge in [-0.05, 0) is 49.9 Å². The normalized spacial score (nSPS) is 17.5. The molecule has 0 amide bonds. The molecule has 94 valence electrons. The molecule has 1 aliphatic rings. The molecule has 0 aliphatic heterocycles. The number of hydrogen-bond acceptors (Lipinski definition) is 4. The highest BCUT2D eigenvalue weighted by Gasteiger charge is 2.39. The van der Waals surface area contributed by atoms with E-state index in [0.717, 1.165) is 35.4 Å². The van der Waals surface area contributed by atoms with E-state index in [1.54, 1.807) is 0 Å². The second-order valence-electron chi connectivity index (χ2n) is 4.90. The van der Waals surface area contributed by atoms with Gasteiger partial charge in [0.2, 0.25) is 0 Å². The molecule has 1 heterocycles. The van der Waals surface area contributed by atoms with Gasteiger partial charge in [0, 0.05) is 10.6 Å². The van der Waals surface area contributed by atoms with Gasteiger partial charge in [0.05, 0.1) is 5.54 Å². The van der Waals surface area contributed by atoms with Crippen molar-refractivity contribution in [2.45, 2.75) is 31.7 Å². The molecule has 2 N–H and O–H groups in total. The van der Waals surface area contributed by atoms with Gasteiger partial charge in [-0.25, -0.2) is 0 Å². The highest BCUT2D eigenvalue weighted by molar-refractivity contribution is 6.31. The van der Waals surface area contributed by atoms with Gasteiger partial charge in [-0.3, -0.25) is 0 Å². The zero-order valence-electron chi connectivity index (χ0n) is 10.1. The highest BCUT2D eigenvalue weighted by Crippen LogP contribution is 2.37. The molecule has 1 aromatic heterocycles. The molecule has 0 atom stereocenters. The van der Waals surface area contributed by atoms with Gasteiger partial charge < -0.3 is 10.3 Å². The highest BCUT2D eigenvalue weighted by atomic mass is 35.5. The van der Waals surface area contributed by atoms with Gasteiger partial charge in [-0.2, -0.15) is 4.98 Å². The van der Waals surface area contributed by atoms with Crippen molar-refractivity contribution in [3.05, 3.63) is 34.6 Å². The van der Waals surface area contributed by atoms with E-state index in [4.69, 9.17) is 21.9 Å². The fourth-order valence-corrected chi connectivity index (χ4v) is 2.22. The van der Waals surface area contributed by atoms with Gasteiger partial charge in [0.15, 0.2) is 5.82 Å². The van der Waals surface area contributed by atoms with E-state index >= 15 is 0 Å². The number of aromatic nitrogens is 2. The van der Waals surface area contributed by atoms with Gasteiger partial charge in [0.25, 0.3) is 5.89 Å². The molecule has 1 aliphatic carbocycles. The molecule has 0 radical (unpaired) electrons. The number of hydrogen-bond donors (Lipinski definition) is 1. The van der Waals surface area contributed by atoms with Crippen molar-refractivity contribution in [2.24, 2.45) is 5.73 Å². The molecule has 1 saturated carbocycles. The Hall–Kier alpha value is -1.39. The Morgan fingerprint density at radius 2 is 2.17 bits per heavy atom. The van der Waals surface area contributed by atoms with Crippen molar-refractivity contribution in [3.8, 4) is 11.5 Å². The fourth-order valence-electron chi connectivity index (χ4n) is 2.10. The SMILES string of the molecule is Cc1cc(-c2nc(C3(N)CCC3)no2)ccc1Cl. The largest absolute Gasteiger partial charge is 0.334 e. The summed E-state index contributed by atoms with van der Waals surface area (Å²) in [7, 11) is 0. The van der Waals surface area contributed by atoms with Gasteiger partial charge in [-0.1, -0.05) is 16.8 Å². The maximum absolute atomic E-state index is 6.16. The maximum atomic E-state index is 6.16. The molecule has 1 aromatic carbocycles. The minimum atomic E-state index is -0.386. The summed E-state index contributed by atoms with van der Waals surface area (Å²) < 4.78 is 5.28. The monoisotopic (exact) mass is 263 g/mol. The number of nitrogens with two attached hydrogens (primary N) is 1. The quantitative estimate of drug-likeness (QED) is 0.904. The van der Waals surface area contributed by atoms with Gasteiger partial charge >= 0.3 is 0 Å². The summed E-state index contributed by atoms with van der Waals surface area (Å²) in [5.74, 6) is 1.11. The Bertz CT molecular complexity index is 590. The van der Waals surface area contributed by atoms with Crippen LogP contribution in [0.25, 0.3) is 11.5 Å². The number of rotatable bonds is 2. The summed E-state index contributed by atoms with van der Waals surface area (Å²) in [5, 5.41) is 4.72. The standard InChI is InChI=1S/C13H14ClN3O/c1-8-7-9(3-4-10(8)14)11-16-12(17-18-11)13(15)5-2-6-13/h3-4,7H,2,5-6,15H2,1H3. The minimum Gasteiger partial charge on any atom is -0.334 e. The topological polar surface area (TPSA) is 64.9 Å². The molecular weight excluding hydrogens is 250 g/mol. The van der Waals surface area contributed by atoms with Gasteiger partial charge in [0.1, 0.15) is 0 Å². The number of benzene rings is 1. The Balaban J connectivity index is 1.95. The average molecular weight is 264 g/mol. The summed E-state index contributed by atoms with van der Waals surface area (Å²) in [5.41, 5.74) is 7.64. The lowest BCUT2D eigenvalue weighted by atomic mass is 9.77. The summed E-state index contributed by atoms with van der Waals surface area (Å²) in [6, 6.07) is 5.64. The van der Waals surface area contributed by atoms with Crippen LogP contribution >= 0.6 is 11.6 Å². The van der Waals surface area contributed by atoms with E-state index < -0.39 is 0 Å². The molecular formula is C13H14ClN3O. The third-order valence-electron chi connectivity index (χ3n) is 3.52. The van der Waals surface area contributed by atoms with Crippen molar-refractivity contribution in [1.82, 2.24) is 10.1 Å². The van der Waals surface area contributed by atoms with Gasteiger partial charge in [-0.15, -0.1) is 0 Å². The molecule has 0 saturated heterocycles. The molecule has 0 spiro atoms. The zero-order chi connectivity index (χ0) is 12.8. The van der Waals surface area contributed by atoms with Crippen LogP contribution in [0.1, 0.15) is 30.7 Å². The van der Waals surface area contributed by atoms with E-state index in [1.165, 1.54) is 0 Å². The second-order valence-corrected chi connectivity index (χ2v) is 5.30. The first-order valence-corrected chi connectivity index (χ1v) is 6.36. The summed E-state index contributed by atoms with van der Waals surface area (Å²) in [4.78, 5) is 4.40. The van der Waals surface area contributed by atoms with Crippen LogP contribution < -0.4 is 5.73 Å². The number of halogens is 1. The van der Waals surface area contributed by atoms with Crippen LogP contribution in [0.3, 0.4) is 0 Å². The average Bonchev–Trinajstić information content (AvgIpc) is 2.79. The van der Waals surface area contributed by atoms with E-state index in [1.807, 2.05) is 25.1 Å². The van der Waals surface area contributed by atoms with Crippen LogP contribution in [0.5, 0.6) is 0 Å². The van der Waals surface area contributed by atoms with Crippen LogP contribution in [0.15, 0.2) is 22.7 Å². The van der Waals surface area contributed by atoms with Crippen LogP contribution in [0.4, 0.5) is 0 Å². The first-order chi connectivity index (χ1) is 8.58. The first kappa shape index (κ1) is 11.7. The third kappa shape index (κ3) is 1.82. The van der Waals surface area contributed by atoms with Crippen molar-refractivity contribution in [2.75, 3.05) is 0 Å². The molecule has 3 rings (SSSR count). The molecule has 0 unspecified atom stereocenters. The van der Waals surface area contributed by atoms with E-state index in [2.05, 4.69) is 10.1 Å². The van der Waals surface area contributed by atoms with E-state index in [-0.39, 0.29) is 5.54 Å². The van der Waals surface area contributed by atoms with Crippen molar-refractivity contribution in [3.63, 3.8) is 0 Å². The fraction of sp³-hybridized carbons (Fsp3) is 0.385. The maximum Gasteiger partial charge on any atom is 0.258 e. The summed E-state index contributed by atoms with van der Waals surface area (Å²) in [6.45, 7) is 1.94. The van der Waals surface area contributed by atoms with Crippen molar-refractivity contribution < 1.29 is 4.52 Å². The Morgan fingerprint density at radius 3 is 2.78 bits per heavy atom. The molecule has 1 fully saturated rings. The van der Waals surface area contributed by atoms with Crippen LogP contribution in [0, 0.1) is 6.92 Å². The van der Waals surface area contributed by atoms with Crippen LogP contribution in [-0.2, 0) is 5.54 Å². The Morgan fingerprint density at radius 1 is 1.39 bits per heavy atom. The second kappa shape index (κ2) is 4.07. The first-order valence-electron chi connectivity index (χ1n) is 5.98. The molecule has 5 heteroatoms. The number of aryl methyl sites for hydroxylation is 1.